The fourth-order valence-electron chi connectivity index (χ4n) is 3.46. The van der Waals surface area contributed by atoms with E-state index in [1.54, 1.807) is 14.2 Å². The minimum absolute atomic E-state index is 0.322. The van der Waals surface area contributed by atoms with E-state index in [-0.39, 0.29) is 0 Å². The summed E-state index contributed by atoms with van der Waals surface area (Å²) in [6.45, 7) is 3.05. The normalized spacial score (nSPS) is 15.9. The lowest BCUT2D eigenvalue weighted by Gasteiger charge is -2.29. The molecule has 126 valence electrons. The number of ether oxygens (including phenoxy) is 4. The first-order valence-electron chi connectivity index (χ1n) is 8.12. The van der Waals surface area contributed by atoms with Gasteiger partial charge in [0.05, 0.1) is 14.2 Å². The van der Waals surface area contributed by atoms with Crippen LogP contribution in [-0.4, -0.2) is 32.5 Å². The Morgan fingerprint density at radius 2 is 1.83 bits per heavy atom. The topological polar surface area (TPSA) is 40.2 Å². The average molecular weight is 327 g/mol. The third-order valence-electron chi connectivity index (χ3n) is 4.66. The Hall–Kier alpha value is -2.40. The lowest BCUT2D eigenvalue weighted by Crippen LogP contribution is -2.30. The van der Waals surface area contributed by atoms with Gasteiger partial charge in [0, 0.05) is 25.2 Å². The van der Waals surface area contributed by atoms with Gasteiger partial charge in [-0.2, -0.15) is 0 Å². The third-order valence-corrected chi connectivity index (χ3v) is 4.66. The molecule has 2 aliphatic rings. The van der Waals surface area contributed by atoms with Crippen LogP contribution in [0.25, 0.3) is 0 Å². The maximum Gasteiger partial charge on any atom is 0.231 e. The van der Waals surface area contributed by atoms with Crippen LogP contribution in [0.5, 0.6) is 23.0 Å². The molecule has 0 fully saturated rings. The lowest BCUT2D eigenvalue weighted by atomic mass is 9.98. The molecule has 5 heteroatoms. The van der Waals surface area contributed by atoms with Crippen LogP contribution in [0.2, 0.25) is 0 Å². The van der Waals surface area contributed by atoms with Crippen LogP contribution < -0.4 is 18.9 Å². The van der Waals surface area contributed by atoms with Crippen LogP contribution in [-0.2, 0) is 19.5 Å². The predicted molar refractivity (Wildman–Crippen MR) is 89.9 cm³/mol. The summed E-state index contributed by atoms with van der Waals surface area (Å²) in [7, 11) is 3.36. The molecule has 2 aliphatic heterocycles. The Labute approximate surface area is 141 Å². The van der Waals surface area contributed by atoms with Crippen molar-refractivity contribution >= 4 is 0 Å². The predicted octanol–water partition coefficient (Wildman–Crippen LogP) is 2.99. The first-order chi connectivity index (χ1) is 11.8. The van der Waals surface area contributed by atoms with E-state index in [0.717, 1.165) is 54.6 Å². The van der Waals surface area contributed by atoms with Crippen molar-refractivity contribution in [3.8, 4) is 23.0 Å². The molecule has 0 aromatic heterocycles. The Balaban J connectivity index is 1.55. The van der Waals surface area contributed by atoms with Crippen molar-refractivity contribution in [3.63, 3.8) is 0 Å². The zero-order valence-corrected chi connectivity index (χ0v) is 14.0. The SMILES string of the molecule is COc1cccc(CN2CCc3cc4c(cc3C2)OCO4)c1OC. The number of hydrogen-bond acceptors (Lipinski definition) is 5. The molecule has 0 bridgehead atoms. The smallest absolute Gasteiger partial charge is 0.231 e. The molecule has 24 heavy (non-hydrogen) atoms. The Morgan fingerprint density at radius 1 is 1.04 bits per heavy atom. The molecule has 0 saturated carbocycles. The number of hydrogen-bond donors (Lipinski definition) is 0. The summed E-state index contributed by atoms with van der Waals surface area (Å²) in [6, 6.07) is 10.3. The van der Waals surface area contributed by atoms with Crippen LogP contribution in [0.1, 0.15) is 16.7 Å². The highest BCUT2D eigenvalue weighted by molar-refractivity contribution is 5.50. The van der Waals surface area contributed by atoms with E-state index in [2.05, 4.69) is 23.1 Å². The fraction of sp³-hybridized carbons (Fsp3) is 0.368. The standard InChI is InChI=1S/C19H21NO4/c1-21-16-5-3-4-14(19(16)22-2)10-20-7-6-13-8-17-18(24-12-23-17)9-15(13)11-20/h3-5,8-9H,6-7,10-12H2,1-2H3. The van der Waals surface area contributed by atoms with E-state index in [1.165, 1.54) is 11.1 Å². The van der Waals surface area contributed by atoms with Gasteiger partial charge in [-0.25, -0.2) is 0 Å². The van der Waals surface area contributed by atoms with Crippen molar-refractivity contribution in [1.82, 2.24) is 4.90 Å². The van der Waals surface area contributed by atoms with Crippen LogP contribution in [0.4, 0.5) is 0 Å². The molecular formula is C19H21NO4. The summed E-state index contributed by atoms with van der Waals surface area (Å²) in [4.78, 5) is 2.42. The molecular weight excluding hydrogens is 306 g/mol. The van der Waals surface area contributed by atoms with Crippen molar-refractivity contribution in [2.75, 3.05) is 27.6 Å². The van der Waals surface area contributed by atoms with Crippen molar-refractivity contribution in [2.24, 2.45) is 0 Å². The van der Waals surface area contributed by atoms with Gasteiger partial charge in [-0.15, -0.1) is 0 Å². The van der Waals surface area contributed by atoms with Gasteiger partial charge in [0.15, 0.2) is 23.0 Å². The summed E-state index contributed by atoms with van der Waals surface area (Å²) in [6.07, 6.45) is 1.01. The second-order valence-corrected chi connectivity index (χ2v) is 6.09. The minimum atomic E-state index is 0.322. The molecule has 2 heterocycles. The second kappa shape index (κ2) is 6.24. The summed E-state index contributed by atoms with van der Waals surface area (Å²) < 4.78 is 21.9. The fourth-order valence-corrected chi connectivity index (χ4v) is 3.46. The van der Waals surface area contributed by atoms with Gasteiger partial charge >= 0.3 is 0 Å². The van der Waals surface area contributed by atoms with Crippen LogP contribution in [0, 0.1) is 0 Å². The largest absolute Gasteiger partial charge is 0.493 e. The van der Waals surface area contributed by atoms with Gasteiger partial charge < -0.3 is 18.9 Å². The molecule has 0 unspecified atom stereocenters. The number of nitrogens with zero attached hydrogens (tertiary/aromatic N) is 1. The molecule has 0 atom stereocenters. The number of benzene rings is 2. The Kier molecular flexibility index (Phi) is 3.94. The molecule has 0 spiro atoms. The summed E-state index contributed by atoms with van der Waals surface area (Å²) in [5.74, 6) is 3.32. The van der Waals surface area contributed by atoms with E-state index >= 15 is 0 Å². The van der Waals surface area contributed by atoms with Gasteiger partial charge in [-0.1, -0.05) is 12.1 Å². The molecule has 0 aliphatic carbocycles. The first kappa shape index (κ1) is 15.1. The van der Waals surface area contributed by atoms with Gasteiger partial charge in [0.2, 0.25) is 6.79 Å². The summed E-state index contributed by atoms with van der Waals surface area (Å²) in [5, 5.41) is 0. The van der Waals surface area contributed by atoms with E-state index in [0.29, 0.717) is 6.79 Å². The summed E-state index contributed by atoms with van der Waals surface area (Å²) >= 11 is 0. The summed E-state index contributed by atoms with van der Waals surface area (Å²) in [5.41, 5.74) is 3.81. The number of para-hydroxylation sites is 1. The maximum atomic E-state index is 5.55. The average Bonchev–Trinajstić information content (AvgIpc) is 3.06. The van der Waals surface area contributed by atoms with Crippen molar-refractivity contribution in [2.45, 2.75) is 19.5 Å². The Bertz CT molecular complexity index is 759. The third kappa shape index (κ3) is 2.65. The lowest BCUT2D eigenvalue weighted by molar-refractivity contribution is 0.174. The monoisotopic (exact) mass is 327 g/mol. The van der Waals surface area contributed by atoms with Crippen LogP contribution in [0.3, 0.4) is 0 Å². The van der Waals surface area contributed by atoms with Crippen LogP contribution >= 0.6 is 0 Å². The number of methoxy groups -OCH3 is 2. The van der Waals surface area contributed by atoms with Crippen molar-refractivity contribution < 1.29 is 18.9 Å². The first-order valence-corrected chi connectivity index (χ1v) is 8.12. The minimum Gasteiger partial charge on any atom is -0.493 e. The molecule has 5 nitrogen and oxygen atoms in total. The highest BCUT2D eigenvalue weighted by atomic mass is 16.7. The number of fused-ring (bicyclic) bond motifs is 2. The molecule has 2 aromatic carbocycles. The zero-order chi connectivity index (χ0) is 16.5. The highest BCUT2D eigenvalue weighted by Crippen LogP contribution is 2.37. The van der Waals surface area contributed by atoms with E-state index in [4.69, 9.17) is 18.9 Å². The van der Waals surface area contributed by atoms with Gasteiger partial charge in [0.1, 0.15) is 0 Å². The van der Waals surface area contributed by atoms with Crippen LogP contribution in [0.15, 0.2) is 30.3 Å². The molecule has 2 aromatic rings. The Morgan fingerprint density at radius 3 is 2.58 bits per heavy atom. The van der Waals surface area contributed by atoms with Crippen molar-refractivity contribution in [3.05, 3.63) is 47.0 Å². The van der Waals surface area contributed by atoms with Gasteiger partial charge in [0.25, 0.3) is 0 Å². The zero-order valence-electron chi connectivity index (χ0n) is 14.0. The van der Waals surface area contributed by atoms with Crippen molar-refractivity contribution in [1.29, 1.82) is 0 Å². The number of rotatable bonds is 4. The van der Waals surface area contributed by atoms with E-state index in [9.17, 15) is 0 Å². The molecule has 0 amide bonds. The van der Waals surface area contributed by atoms with E-state index in [1.807, 2.05) is 12.1 Å². The van der Waals surface area contributed by atoms with E-state index < -0.39 is 0 Å². The molecule has 4 rings (SSSR count). The quantitative estimate of drug-likeness (QED) is 0.863. The van der Waals surface area contributed by atoms with Gasteiger partial charge in [-0.05, 0) is 35.7 Å². The molecule has 0 saturated heterocycles. The molecule has 0 N–H and O–H groups in total. The van der Waals surface area contributed by atoms with Gasteiger partial charge in [-0.3, -0.25) is 4.90 Å². The molecule has 0 radical (unpaired) electrons. The maximum absolute atomic E-state index is 5.55. The second-order valence-electron chi connectivity index (χ2n) is 6.09. The highest BCUT2D eigenvalue weighted by Gasteiger charge is 2.23.